The normalized spacial score (nSPS) is 12.8. The predicted molar refractivity (Wildman–Crippen MR) is 95.6 cm³/mol. The molecule has 0 fully saturated rings. The maximum Gasteiger partial charge on any atom is 0.377 e. The lowest BCUT2D eigenvalue weighted by Crippen LogP contribution is -2.40. The number of esters is 3. The van der Waals surface area contributed by atoms with Crippen LogP contribution in [-0.2, 0) is 28.6 Å². The standard InChI is InChI=1S/C19H28F4O6/c1-5-7-9-18(20,21)16(25)28-12-14(11-27-15(24)13(3)4)29-17(26)19(22,23)10-8-6-2/h14H,3,5-12H2,1-2,4H3. The Morgan fingerprint density at radius 3 is 1.76 bits per heavy atom. The fourth-order valence-corrected chi connectivity index (χ4v) is 1.92. The van der Waals surface area contributed by atoms with Crippen LogP contribution in [0.2, 0.25) is 0 Å². The summed E-state index contributed by atoms with van der Waals surface area (Å²) in [4.78, 5) is 34.7. The number of carbonyl (C=O) groups excluding carboxylic acids is 3. The van der Waals surface area contributed by atoms with Crippen LogP contribution in [0.5, 0.6) is 0 Å². The lowest BCUT2D eigenvalue weighted by atomic mass is 10.1. The van der Waals surface area contributed by atoms with E-state index in [9.17, 15) is 31.9 Å². The molecule has 0 N–H and O–H groups in total. The summed E-state index contributed by atoms with van der Waals surface area (Å²) in [6, 6.07) is 0. The molecule has 0 saturated carbocycles. The molecule has 0 spiro atoms. The molecule has 29 heavy (non-hydrogen) atoms. The molecule has 168 valence electrons. The van der Waals surface area contributed by atoms with E-state index in [0.717, 1.165) is 0 Å². The molecule has 0 aliphatic heterocycles. The zero-order valence-corrected chi connectivity index (χ0v) is 16.9. The first kappa shape index (κ1) is 26.9. The quantitative estimate of drug-likeness (QED) is 0.178. The molecule has 0 heterocycles. The molecule has 0 aliphatic carbocycles. The van der Waals surface area contributed by atoms with Gasteiger partial charge in [0.1, 0.15) is 13.2 Å². The number of halogens is 4. The van der Waals surface area contributed by atoms with Crippen LogP contribution >= 0.6 is 0 Å². The summed E-state index contributed by atoms with van der Waals surface area (Å²) in [5.41, 5.74) is -0.0218. The van der Waals surface area contributed by atoms with E-state index in [4.69, 9.17) is 4.74 Å². The topological polar surface area (TPSA) is 78.9 Å². The van der Waals surface area contributed by atoms with Crippen molar-refractivity contribution in [1.29, 1.82) is 0 Å². The Labute approximate surface area is 167 Å². The lowest BCUT2D eigenvalue weighted by Gasteiger charge is -2.22. The van der Waals surface area contributed by atoms with E-state index in [-0.39, 0.29) is 18.4 Å². The van der Waals surface area contributed by atoms with Gasteiger partial charge in [-0.1, -0.05) is 33.3 Å². The van der Waals surface area contributed by atoms with Gasteiger partial charge in [0.25, 0.3) is 0 Å². The minimum atomic E-state index is -3.82. The Morgan fingerprint density at radius 2 is 1.31 bits per heavy atom. The molecule has 0 aromatic heterocycles. The summed E-state index contributed by atoms with van der Waals surface area (Å²) in [5, 5.41) is 0. The van der Waals surface area contributed by atoms with Crippen molar-refractivity contribution in [3.05, 3.63) is 12.2 Å². The first-order valence-corrected chi connectivity index (χ1v) is 9.34. The van der Waals surface area contributed by atoms with Crippen molar-refractivity contribution >= 4 is 17.9 Å². The second-order valence-corrected chi connectivity index (χ2v) is 6.62. The van der Waals surface area contributed by atoms with Crippen LogP contribution in [0.4, 0.5) is 17.6 Å². The smallest absolute Gasteiger partial charge is 0.377 e. The summed E-state index contributed by atoms with van der Waals surface area (Å²) >= 11 is 0. The molecular formula is C19H28F4O6. The number of carbonyl (C=O) groups is 3. The molecular weight excluding hydrogens is 400 g/mol. The third-order valence-corrected chi connectivity index (χ3v) is 3.71. The third kappa shape index (κ3) is 10.3. The van der Waals surface area contributed by atoms with Crippen LogP contribution in [0.1, 0.15) is 59.3 Å². The average molecular weight is 428 g/mol. The van der Waals surface area contributed by atoms with E-state index in [2.05, 4.69) is 16.1 Å². The summed E-state index contributed by atoms with van der Waals surface area (Å²) < 4.78 is 68.6. The van der Waals surface area contributed by atoms with Crippen molar-refractivity contribution in [1.82, 2.24) is 0 Å². The van der Waals surface area contributed by atoms with Gasteiger partial charge in [0.2, 0.25) is 0 Å². The van der Waals surface area contributed by atoms with Crippen LogP contribution in [0.3, 0.4) is 0 Å². The number of hydrogen-bond donors (Lipinski definition) is 0. The van der Waals surface area contributed by atoms with Gasteiger partial charge in [-0.3, -0.25) is 0 Å². The minimum absolute atomic E-state index is 0.0218. The van der Waals surface area contributed by atoms with E-state index in [1.54, 1.807) is 13.8 Å². The van der Waals surface area contributed by atoms with Crippen LogP contribution in [-0.4, -0.2) is 49.1 Å². The second kappa shape index (κ2) is 12.4. The first-order chi connectivity index (χ1) is 13.4. The zero-order valence-electron chi connectivity index (χ0n) is 16.9. The molecule has 10 heteroatoms. The molecule has 0 aromatic carbocycles. The predicted octanol–water partition coefficient (Wildman–Crippen LogP) is 4.21. The Kier molecular flexibility index (Phi) is 11.5. The average Bonchev–Trinajstić information content (AvgIpc) is 2.65. The van der Waals surface area contributed by atoms with Gasteiger partial charge in [-0.25, -0.2) is 14.4 Å². The summed E-state index contributed by atoms with van der Waals surface area (Å²) in [6.07, 6.45) is -2.23. The van der Waals surface area contributed by atoms with E-state index in [1.165, 1.54) is 6.92 Å². The number of alkyl halides is 4. The van der Waals surface area contributed by atoms with Crippen molar-refractivity contribution in [3.8, 4) is 0 Å². The molecule has 1 atom stereocenters. The molecule has 0 saturated heterocycles. The van der Waals surface area contributed by atoms with Gasteiger partial charge in [-0.15, -0.1) is 0 Å². The van der Waals surface area contributed by atoms with Crippen molar-refractivity contribution in [3.63, 3.8) is 0 Å². The van der Waals surface area contributed by atoms with Gasteiger partial charge in [0.15, 0.2) is 6.10 Å². The minimum Gasteiger partial charge on any atom is -0.458 e. The van der Waals surface area contributed by atoms with Crippen molar-refractivity contribution in [2.45, 2.75) is 77.2 Å². The maximum absolute atomic E-state index is 13.8. The lowest BCUT2D eigenvalue weighted by molar-refractivity contribution is -0.192. The Hall–Kier alpha value is -2.13. The van der Waals surface area contributed by atoms with Crippen molar-refractivity contribution in [2.24, 2.45) is 0 Å². The molecule has 0 rings (SSSR count). The summed E-state index contributed by atoms with van der Waals surface area (Å²) in [7, 11) is 0. The highest BCUT2D eigenvalue weighted by molar-refractivity contribution is 5.87. The monoisotopic (exact) mass is 428 g/mol. The zero-order chi connectivity index (χ0) is 22.7. The van der Waals surface area contributed by atoms with Crippen LogP contribution in [0.15, 0.2) is 12.2 Å². The van der Waals surface area contributed by atoms with E-state index in [0.29, 0.717) is 12.8 Å². The molecule has 0 radical (unpaired) electrons. The molecule has 1 unspecified atom stereocenters. The van der Waals surface area contributed by atoms with Gasteiger partial charge < -0.3 is 14.2 Å². The SMILES string of the molecule is C=C(C)C(=O)OCC(COC(=O)C(F)(F)CCCC)OC(=O)C(F)(F)CCCC. The summed E-state index contributed by atoms with van der Waals surface area (Å²) in [6.45, 7) is 6.20. The van der Waals surface area contributed by atoms with Crippen molar-refractivity contribution in [2.75, 3.05) is 13.2 Å². The van der Waals surface area contributed by atoms with E-state index < -0.39 is 61.9 Å². The third-order valence-electron chi connectivity index (χ3n) is 3.71. The molecule has 0 amide bonds. The Bertz CT molecular complexity index is 577. The highest BCUT2D eigenvalue weighted by Gasteiger charge is 2.43. The maximum atomic E-state index is 13.8. The van der Waals surface area contributed by atoms with E-state index in [1.807, 2.05) is 0 Å². The van der Waals surface area contributed by atoms with Gasteiger partial charge in [-0.2, -0.15) is 17.6 Å². The number of hydrogen-bond acceptors (Lipinski definition) is 6. The van der Waals surface area contributed by atoms with Crippen molar-refractivity contribution < 1.29 is 46.2 Å². The fraction of sp³-hybridized carbons (Fsp3) is 0.737. The highest BCUT2D eigenvalue weighted by atomic mass is 19.3. The molecule has 0 aliphatic rings. The Morgan fingerprint density at radius 1 is 0.862 bits per heavy atom. The summed E-state index contributed by atoms with van der Waals surface area (Å²) in [5.74, 6) is -12.3. The molecule has 0 aromatic rings. The largest absolute Gasteiger partial charge is 0.458 e. The van der Waals surface area contributed by atoms with Gasteiger partial charge in [0.05, 0.1) is 0 Å². The molecule has 0 bridgehead atoms. The second-order valence-electron chi connectivity index (χ2n) is 6.62. The van der Waals surface area contributed by atoms with Crippen LogP contribution < -0.4 is 0 Å². The Balaban J connectivity index is 5.05. The van der Waals surface area contributed by atoms with Gasteiger partial charge in [0, 0.05) is 18.4 Å². The number of ether oxygens (including phenoxy) is 3. The number of rotatable bonds is 14. The van der Waals surface area contributed by atoms with Gasteiger partial charge in [-0.05, 0) is 19.8 Å². The van der Waals surface area contributed by atoms with E-state index >= 15 is 0 Å². The number of unbranched alkanes of at least 4 members (excludes halogenated alkanes) is 2. The van der Waals surface area contributed by atoms with Crippen LogP contribution in [0.25, 0.3) is 0 Å². The van der Waals surface area contributed by atoms with Crippen LogP contribution in [0, 0.1) is 0 Å². The first-order valence-electron chi connectivity index (χ1n) is 9.34. The fourth-order valence-electron chi connectivity index (χ4n) is 1.92. The highest BCUT2D eigenvalue weighted by Crippen LogP contribution is 2.25. The molecule has 6 nitrogen and oxygen atoms in total. The van der Waals surface area contributed by atoms with Gasteiger partial charge >= 0.3 is 29.8 Å².